The normalized spacial score (nSPS) is 20.7. The van der Waals surface area contributed by atoms with Crippen LogP contribution in [0.5, 0.6) is 0 Å². The highest BCUT2D eigenvalue weighted by atomic mass is 19.3. The van der Waals surface area contributed by atoms with Gasteiger partial charge < -0.3 is 10.0 Å². The Morgan fingerprint density at radius 1 is 1.45 bits per heavy atom. The van der Waals surface area contributed by atoms with Crippen molar-refractivity contribution < 1.29 is 13.9 Å². The van der Waals surface area contributed by atoms with Gasteiger partial charge in [-0.2, -0.15) is 0 Å². The van der Waals surface area contributed by atoms with Crippen LogP contribution in [0.25, 0.3) is 0 Å². The molecule has 0 unspecified atom stereocenters. The number of rotatable bonds is 4. The fourth-order valence-electron chi connectivity index (χ4n) is 1.25. The van der Waals surface area contributed by atoms with E-state index in [2.05, 4.69) is 0 Å². The predicted molar refractivity (Wildman–Crippen MR) is 37.6 cm³/mol. The Bertz CT molecular complexity index is 115. The van der Waals surface area contributed by atoms with Gasteiger partial charge in [0.05, 0.1) is 0 Å². The van der Waals surface area contributed by atoms with Gasteiger partial charge in [0.1, 0.15) is 0 Å². The van der Waals surface area contributed by atoms with Crippen LogP contribution in [-0.4, -0.2) is 42.7 Å². The molecule has 0 saturated carbocycles. The van der Waals surface area contributed by atoms with E-state index >= 15 is 0 Å². The molecule has 1 aliphatic heterocycles. The number of aliphatic hydroxyl groups excluding tert-OH is 1. The Balaban J connectivity index is 2.00. The Hall–Kier alpha value is -0.220. The third-order valence-corrected chi connectivity index (χ3v) is 1.97. The molecule has 1 aliphatic rings. The van der Waals surface area contributed by atoms with Crippen LogP contribution >= 0.6 is 0 Å². The minimum absolute atomic E-state index is 0.149. The molecule has 4 heteroatoms. The molecule has 0 radical (unpaired) electrons. The zero-order chi connectivity index (χ0) is 8.27. The zero-order valence-corrected chi connectivity index (χ0v) is 6.34. The summed E-state index contributed by atoms with van der Waals surface area (Å²) in [4.78, 5) is 1.94. The first-order chi connectivity index (χ1) is 5.24. The van der Waals surface area contributed by atoms with Crippen molar-refractivity contribution in [3.8, 4) is 0 Å². The summed E-state index contributed by atoms with van der Waals surface area (Å²) in [6.45, 7) is 1.89. The van der Waals surface area contributed by atoms with Crippen molar-refractivity contribution >= 4 is 0 Å². The number of likely N-dealkylation sites (tertiary alicyclic amines) is 1. The number of halogens is 2. The lowest BCUT2D eigenvalue weighted by Crippen LogP contribution is -2.50. The summed E-state index contributed by atoms with van der Waals surface area (Å²) in [5, 5.41) is 8.44. The molecular formula is C7H13F2NO. The highest BCUT2D eigenvalue weighted by molar-refractivity contribution is 4.80. The van der Waals surface area contributed by atoms with Crippen molar-refractivity contribution in [2.45, 2.75) is 12.8 Å². The first-order valence-corrected chi connectivity index (χ1v) is 3.85. The molecule has 0 aromatic rings. The van der Waals surface area contributed by atoms with Gasteiger partial charge in [-0.3, -0.25) is 0 Å². The highest BCUT2D eigenvalue weighted by Crippen LogP contribution is 2.21. The van der Waals surface area contributed by atoms with Crippen LogP contribution in [0, 0.1) is 5.92 Å². The summed E-state index contributed by atoms with van der Waals surface area (Å²) >= 11 is 0. The van der Waals surface area contributed by atoms with Crippen LogP contribution in [0.3, 0.4) is 0 Å². The molecule has 1 rings (SSSR count). The Morgan fingerprint density at radius 2 is 2.09 bits per heavy atom. The second kappa shape index (κ2) is 3.97. The van der Waals surface area contributed by atoms with Crippen LogP contribution < -0.4 is 0 Å². The molecule has 1 N–H and O–H groups in total. The van der Waals surface area contributed by atoms with Gasteiger partial charge in [0.25, 0.3) is 0 Å². The molecule has 0 aromatic carbocycles. The minimum Gasteiger partial charge on any atom is -0.396 e. The van der Waals surface area contributed by atoms with Crippen molar-refractivity contribution in [2.75, 3.05) is 26.2 Å². The van der Waals surface area contributed by atoms with Crippen molar-refractivity contribution in [1.29, 1.82) is 0 Å². The van der Waals surface area contributed by atoms with E-state index in [0.29, 0.717) is 19.5 Å². The monoisotopic (exact) mass is 165 g/mol. The molecule has 0 bridgehead atoms. The van der Waals surface area contributed by atoms with E-state index < -0.39 is 12.3 Å². The molecule has 2 nitrogen and oxygen atoms in total. The fourth-order valence-corrected chi connectivity index (χ4v) is 1.25. The lowest BCUT2D eigenvalue weighted by molar-refractivity contribution is -0.0256. The first kappa shape index (κ1) is 8.87. The highest BCUT2D eigenvalue weighted by Gasteiger charge is 2.32. The van der Waals surface area contributed by atoms with E-state index in [4.69, 9.17) is 5.11 Å². The lowest BCUT2D eigenvalue weighted by Gasteiger charge is -2.38. The summed E-state index contributed by atoms with van der Waals surface area (Å²) in [5.41, 5.74) is 0. The molecule has 0 spiro atoms. The maximum absolute atomic E-state index is 11.9. The van der Waals surface area contributed by atoms with Gasteiger partial charge in [-0.25, -0.2) is 8.78 Å². The summed E-state index contributed by atoms with van der Waals surface area (Å²) in [5.74, 6) is -0.423. The molecule has 0 amide bonds. The van der Waals surface area contributed by atoms with Gasteiger partial charge >= 0.3 is 0 Å². The third kappa shape index (κ3) is 2.38. The summed E-state index contributed by atoms with van der Waals surface area (Å²) < 4.78 is 23.8. The zero-order valence-electron chi connectivity index (χ0n) is 6.34. The smallest absolute Gasteiger partial charge is 0.243 e. The number of nitrogens with zero attached hydrogens (tertiary/aromatic N) is 1. The average molecular weight is 165 g/mol. The van der Waals surface area contributed by atoms with Gasteiger partial charge in [0.15, 0.2) is 0 Å². The second-order valence-corrected chi connectivity index (χ2v) is 2.93. The summed E-state index contributed by atoms with van der Waals surface area (Å²) in [6.07, 6.45) is -1.48. The predicted octanol–water partition coefficient (Wildman–Crippen LogP) is 0.566. The minimum atomic E-state index is -2.17. The molecule has 0 atom stereocenters. The molecule has 66 valence electrons. The Kier molecular flexibility index (Phi) is 3.20. The molecule has 1 saturated heterocycles. The van der Waals surface area contributed by atoms with Gasteiger partial charge in [-0.05, 0) is 6.42 Å². The summed E-state index contributed by atoms with van der Waals surface area (Å²) in [7, 11) is 0. The lowest BCUT2D eigenvalue weighted by atomic mass is 10.0. The van der Waals surface area contributed by atoms with Crippen LogP contribution in [-0.2, 0) is 0 Å². The number of hydrogen-bond acceptors (Lipinski definition) is 2. The van der Waals surface area contributed by atoms with E-state index in [1.165, 1.54) is 0 Å². The molecule has 11 heavy (non-hydrogen) atoms. The fraction of sp³-hybridized carbons (Fsp3) is 1.00. The molecule has 0 aliphatic carbocycles. The third-order valence-electron chi connectivity index (χ3n) is 1.97. The standard InChI is InChI=1S/C7H13F2NO/c8-7(9)6-4-10(5-6)2-1-3-11/h6-7,11H,1-5H2. The van der Waals surface area contributed by atoms with Crippen LogP contribution in [0.2, 0.25) is 0 Å². The largest absolute Gasteiger partial charge is 0.396 e. The average Bonchev–Trinajstić information content (AvgIpc) is 1.84. The van der Waals surface area contributed by atoms with Crippen molar-refractivity contribution in [3.63, 3.8) is 0 Å². The number of alkyl halides is 2. The topological polar surface area (TPSA) is 23.5 Å². The van der Waals surface area contributed by atoms with Gasteiger partial charge in [0.2, 0.25) is 6.43 Å². The Morgan fingerprint density at radius 3 is 2.55 bits per heavy atom. The molecule has 0 aromatic heterocycles. The van der Waals surface area contributed by atoms with Crippen molar-refractivity contribution in [3.05, 3.63) is 0 Å². The van der Waals surface area contributed by atoms with Crippen LogP contribution in [0.15, 0.2) is 0 Å². The first-order valence-electron chi connectivity index (χ1n) is 3.85. The van der Waals surface area contributed by atoms with Crippen molar-refractivity contribution in [1.82, 2.24) is 4.90 Å². The van der Waals surface area contributed by atoms with E-state index in [1.807, 2.05) is 4.90 Å². The van der Waals surface area contributed by atoms with E-state index in [-0.39, 0.29) is 6.61 Å². The van der Waals surface area contributed by atoms with E-state index in [1.54, 1.807) is 0 Å². The molecule has 1 heterocycles. The van der Waals surface area contributed by atoms with E-state index in [9.17, 15) is 8.78 Å². The van der Waals surface area contributed by atoms with Gasteiger partial charge in [-0.1, -0.05) is 0 Å². The van der Waals surface area contributed by atoms with Crippen LogP contribution in [0.4, 0.5) is 8.78 Å². The quantitative estimate of drug-likeness (QED) is 0.658. The molecule has 1 fully saturated rings. The maximum Gasteiger partial charge on any atom is 0.243 e. The van der Waals surface area contributed by atoms with Gasteiger partial charge in [0, 0.05) is 32.2 Å². The van der Waals surface area contributed by atoms with Crippen LogP contribution in [0.1, 0.15) is 6.42 Å². The van der Waals surface area contributed by atoms with Crippen molar-refractivity contribution in [2.24, 2.45) is 5.92 Å². The maximum atomic E-state index is 11.9. The second-order valence-electron chi connectivity index (χ2n) is 2.93. The van der Waals surface area contributed by atoms with Gasteiger partial charge in [-0.15, -0.1) is 0 Å². The Labute approximate surface area is 64.8 Å². The summed E-state index contributed by atoms with van der Waals surface area (Å²) in [6, 6.07) is 0. The number of aliphatic hydroxyl groups is 1. The SMILES string of the molecule is OCCCN1CC(C(F)F)C1. The number of hydrogen-bond donors (Lipinski definition) is 1. The molecular weight excluding hydrogens is 152 g/mol. The van der Waals surface area contributed by atoms with E-state index in [0.717, 1.165) is 6.54 Å².